The molecule has 0 radical (unpaired) electrons. The normalized spacial score (nSPS) is 20.2. The van der Waals surface area contributed by atoms with Crippen molar-refractivity contribution in [3.05, 3.63) is 54.1 Å². The van der Waals surface area contributed by atoms with Gasteiger partial charge in [-0.1, -0.05) is 17.7 Å². The molecule has 158 valence electrons. The molecular formula is C23H29N4O3+. The molecule has 2 aromatic carbocycles. The van der Waals surface area contributed by atoms with E-state index in [0.717, 1.165) is 43.2 Å². The van der Waals surface area contributed by atoms with Crippen molar-refractivity contribution < 1.29 is 19.2 Å². The zero-order chi connectivity index (χ0) is 21.3. The lowest BCUT2D eigenvalue weighted by Gasteiger charge is -2.34. The van der Waals surface area contributed by atoms with Gasteiger partial charge in [-0.05, 0) is 50.2 Å². The summed E-state index contributed by atoms with van der Waals surface area (Å²) < 4.78 is 5.23. The smallest absolute Gasteiger partial charge is 0.336 e. The monoisotopic (exact) mass is 409 g/mol. The first-order valence-corrected chi connectivity index (χ1v) is 10.4. The van der Waals surface area contributed by atoms with Crippen LogP contribution >= 0.6 is 0 Å². The van der Waals surface area contributed by atoms with Gasteiger partial charge in [-0.2, -0.15) is 0 Å². The van der Waals surface area contributed by atoms with E-state index in [1.165, 1.54) is 15.5 Å². The van der Waals surface area contributed by atoms with Gasteiger partial charge in [0.25, 0.3) is 5.91 Å². The minimum Gasteiger partial charge on any atom is -0.497 e. The fourth-order valence-corrected chi connectivity index (χ4v) is 4.17. The molecular weight excluding hydrogens is 380 g/mol. The summed E-state index contributed by atoms with van der Waals surface area (Å²) in [5, 5.41) is 0. The lowest BCUT2D eigenvalue weighted by molar-refractivity contribution is -0.907. The molecule has 2 aliphatic heterocycles. The summed E-state index contributed by atoms with van der Waals surface area (Å²) in [5.74, 6) is 0.729. The molecule has 1 N–H and O–H groups in total. The van der Waals surface area contributed by atoms with E-state index in [0.29, 0.717) is 6.67 Å². The molecule has 2 aliphatic rings. The standard InChI is InChI=1S/C23H28N4O3/c1-17-4-6-20(7-5-17)27-18(2)22(28)26(23(27)29)16-24-12-14-25(15-13-24)19-8-10-21(30-3)11-9-19/h4-11,18H,12-16H2,1-3H3/p+1/t18-/m1/s1. The van der Waals surface area contributed by atoms with Crippen molar-refractivity contribution in [2.75, 3.05) is 49.8 Å². The largest absolute Gasteiger partial charge is 0.497 e. The zero-order valence-corrected chi connectivity index (χ0v) is 17.8. The number of aryl methyl sites for hydroxylation is 1. The molecule has 4 rings (SSSR count). The Hall–Kier alpha value is -3.06. The molecule has 0 unspecified atom stereocenters. The van der Waals surface area contributed by atoms with Gasteiger partial charge in [0.1, 0.15) is 11.8 Å². The predicted octanol–water partition coefficient (Wildman–Crippen LogP) is 1.52. The quantitative estimate of drug-likeness (QED) is 0.761. The fourth-order valence-electron chi connectivity index (χ4n) is 4.17. The van der Waals surface area contributed by atoms with E-state index >= 15 is 0 Å². The van der Waals surface area contributed by atoms with Gasteiger partial charge in [0.15, 0.2) is 6.67 Å². The average molecular weight is 410 g/mol. The van der Waals surface area contributed by atoms with E-state index in [2.05, 4.69) is 17.0 Å². The van der Waals surface area contributed by atoms with Crippen LogP contribution in [-0.2, 0) is 4.79 Å². The topological polar surface area (TPSA) is 57.5 Å². The molecule has 2 fully saturated rings. The highest BCUT2D eigenvalue weighted by Gasteiger charge is 2.45. The molecule has 0 aliphatic carbocycles. The Morgan fingerprint density at radius 1 is 0.967 bits per heavy atom. The van der Waals surface area contributed by atoms with Crippen LogP contribution in [0.5, 0.6) is 5.75 Å². The second kappa shape index (κ2) is 8.36. The Labute approximate surface area is 177 Å². The summed E-state index contributed by atoms with van der Waals surface area (Å²) in [6.07, 6.45) is 0. The summed E-state index contributed by atoms with van der Waals surface area (Å²) >= 11 is 0. The number of nitrogens with one attached hydrogen (secondary N) is 1. The van der Waals surface area contributed by atoms with Crippen LogP contribution in [0.25, 0.3) is 0 Å². The van der Waals surface area contributed by atoms with Gasteiger partial charge in [-0.15, -0.1) is 0 Å². The first-order chi connectivity index (χ1) is 14.5. The third-order valence-electron chi connectivity index (χ3n) is 6.05. The number of rotatable bonds is 5. The number of amides is 3. The van der Waals surface area contributed by atoms with E-state index in [9.17, 15) is 9.59 Å². The molecule has 3 amide bonds. The van der Waals surface area contributed by atoms with Gasteiger partial charge in [-0.3, -0.25) is 9.69 Å². The van der Waals surface area contributed by atoms with E-state index in [1.807, 2.05) is 43.3 Å². The van der Waals surface area contributed by atoms with Crippen LogP contribution in [0.15, 0.2) is 48.5 Å². The number of anilines is 2. The number of benzene rings is 2. The second-order valence-corrected chi connectivity index (χ2v) is 8.02. The van der Waals surface area contributed by atoms with Crippen LogP contribution in [0.2, 0.25) is 0 Å². The number of ether oxygens (including phenoxy) is 1. The van der Waals surface area contributed by atoms with Crippen molar-refractivity contribution in [2.24, 2.45) is 0 Å². The van der Waals surface area contributed by atoms with Crippen LogP contribution in [0.3, 0.4) is 0 Å². The highest BCUT2D eigenvalue weighted by Crippen LogP contribution is 2.25. The van der Waals surface area contributed by atoms with Crippen LogP contribution in [0.4, 0.5) is 16.2 Å². The van der Waals surface area contributed by atoms with E-state index in [1.54, 1.807) is 18.9 Å². The first kappa shape index (κ1) is 20.2. The molecule has 7 nitrogen and oxygen atoms in total. The van der Waals surface area contributed by atoms with Crippen molar-refractivity contribution in [1.82, 2.24) is 4.90 Å². The Kier molecular flexibility index (Phi) is 5.63. The van der Waals surface area contributed by atoms with Gasteiger partial charge in [-0.25, -0.2) is 9.69 Å². The maximum Gasteiger partial charge on any atom is 0.336 e. The van der Waals surface area contributed by atoms with Gasteiger partial charge < -0.3 is 14.5 Å². The number of hydrogen-bond acceptors (Lipinski definition) is 4. The number of piperazine rings is 1. The van der Waals surface area contributed by atoms with Crippen LogP contribution in [0.1, 0.15) is 12.5 Å². The molecule has 0 saturated carbocycles. The number of imide groups is 1. The number of carbonyl (C=O) groups is 2. The number of carbonyl (C=O) groups excluding carboxylic acids is 2. The number of urea groups is 1. The molecule has 7 heteroatoms. The van der Waals surface area contributed by atoms with E-state index in [4.69, 9.17) is 4.74 Å². The summed E-state index contributed by atoms with van der Waals surface area (Å²) in [5.41, 5.74) is 3.07. The van der Waals surface area contributed by atoms with Crippen molar-refractivity contribution >= 4 is 23.3 Å². The summed E-state index contributed by atoms with van der Waals surface area (Å²) in [7, 11) is 1.67. The zero-order valence-electron chi connectivity index (χ0n) is 17.8. The molecule has 0 bridgehead atoms. The first-order valence-electron chi connectivity index (χ1n) is 10.4. The Bertz CT molecular complexity index is 905. The lowest BCUT2D eigenvalue weighted by Crippen LogP contribution is -3.16. The third kappa shape index (κ3) is 3.85. The van der Waals surface area contributed by atoms with E-state index in [-0.39, 0.29) is 11.9 Å². The molecule has 0 spiro atoms. The summed E-state index contributed by atoms with van der Waals surface area (Å²) in [4.78, 5) is 32.4. The molecule has 2 heterocycles. The molecule has 2 saturated heterocycles. The maximum absolute atomic E-state index is 13.0. The van der Waals surface area contributed by atoms with Crippen molar-refractivity contribution in [2.45, 2.75) is 19.9 Å². The number of quaternary nitrogens is 1. The van der Waals surface area contributed by atoms with Crippen molar-refractivity contribution in [3.63, 3.8) is 0 Å². The van der Waals surface area contributed by atoms with Gasteiger partial charge in [0.05, 0.1) is 33.3 Å². The number of methoxy groups -OCH3 is 1. The fraction of sp³-hybridized carbons (Fsp3) is 0.391. The van der Waals surface area contributed by atoms with E-state index < -0.39 is 6.04 Å². The molecule has 30 heavy (non-hydrogen) atoms. The Balaban J connectivity index is 1.38. The molecule has 2 aromatic rings. The van der Waals surface area contributed by atoms with Crippen molar-refractivity contribution in [3.8, 4) is 5.75 Å². The summed E-state index contributed by atoms with van der Waals surface area (Å²) in [6.45, 7) is 7.75. The third-order valence-corrected chi connectivity index (χ3v) is 6.05. The minimum atomic E-state index is -0.472. The number of nitrogens with zero attached hydrogens (tertiary/aromatic N) is 3. The van der Waals surface area contributed by atoms with Crippen LogP contribution < -0.4 is 19.4 Å². The Morgan fingerprint density at radius 2 is 1.57 bits per heavy atom. The summed E-state index contributed by atoms with van der Waals surface area (Å²) in [6, 6.07) is 15.1. The highest BCUT2D eigenvalue weighted by atomic mass is 16.5. The average Bonchev–Trinajstić information content (AvgIpc) is 2.98. The lowest BCUT2D eigenvalue weighted by atomic mass is 10.2. The van der Waals surface area contributed by atoms with Crippen LogP contribution in [0, 0.1) is 6.92 Å². The Morgan fingerprint density at radius 3 is 2.17 bits per heavy atom. The van der Waals surface area contributed by atoms with Gasteiger partial charge in [0, 0.05) is 11.4 Å². The molecule has 0 aromatic heterocycles. The second-order valence-electron chi connectivity index (χ2n) is 8.02. The van der Waals surface area contributed by atoms with Crippen LogP contribution in [-0.4, -0.2) is 62.8 Å². The highest BCUT2D eigenvalue weighted by molar-refractivity contribution is 6.13. The van der Waals surface area contributed by atoms with Gasteiger partial charge >= 0.3 is 6.03 Å². The number of hydrogen-bond donors (Lipinski definition) is 1. The van der Waals surface area contributed by atoms with Crippen molar-refractivity contribution in [1.29, 1.82) is 0 Å². The maximum atomic E-state index is 13.0. The minimum absolute atomic E-state index is 0.120. The predicted molar refractivity (Wildman–Crippen MR) is 116 cm³/mol. The SMILES string of the molecule is COc1ccc(N2CC[NH+](CN3C(=O)[C@@H](C)N(c4ccc(C)cc4)C3=O)CC2)cc1. The van der Waals surface area contributed by atoms with Gasteiger partial charge in [0.2, 0.25) is 0 Å². The molecule has 1 atom stereocenters.